The first kappa shape index (κ1) is 27.3. The Balaban J connectivity index is 0.00000162. The molecule has 0 fully saturated rings. The summed E-state index contributed by atoms with van der Waals surface area (Å²) < 4.78 is 5.48. The Labute approximate surface area is 225 Å². The van der Waals surface area contributed by atoms with Gasteiger partial charge < -0.3 is 24.8 Å². The maximum absolute atomic E-state index is 2.53. The fraction of sp³-hybridized carbons (Fsp3) is 0.323. The van der Waals surface area contributed by atoms with Gasteiger partial charge in [0.1, 0.15) is 0 Å². The Morgan fingerprint density at radius 1 is 0.824 bits per heavy atom. The van der Waals surface area contributed by atoms with Crippen LogP contribution in [0.1, 0.15) is 69.9 Å². The van der Waals surface area contributed by atoms with Gasteiger partial charge in [-0.25, -0.2) is 0 Å². The molecule has 0 spiro atoms. The molecule has 0 amide bonds. The Morgan fingerprint density at radius 2 is 1.59 bits per heavy atom. The molecule has 0 aliphatic heterocycles. The third-order valence-corrected chi connectivity index (χ3v) is 15.0. The van der Waals surface area contributed by atoms with Gasteiger partial charge in [0.05, 0.1) is 0 Å². The molecule has 0 heterocycles. The van der Waals surface area contributed by atoms with Crippen LogP contribution in [0.25, 0.3) is 21.9 Å². The van der Waals surface area contributed by atoms with Crippen LogP contribution in [0.3, 0.4) is 0 Å². The molecule has 0 saturated heterocycles. The first-order valence-corrected chi connectivity index (χ1v) is 16.2. The molecule has 2 aliphatic carbocycles. The zero-order chi connectivity index (χ0) is 21.9. The van der Waals surface area contributed by atoms with Crippen LogP contribution in [0, 0.1) is 0 Å². The van der Waals surface area contributed by atoms with E-state index < -0.39 is 21.3 Å². The molecule has 0 bridgehead atoms. The number of halogens is 2. The summed E-state index contributed by atoms with van der Waals surface area (Å²) in [6.45, 7) is 4.69. The van der Waals surface area contributed by atoms with Gasteiger partial charge in [-0.2, -0.15) is 0 Å². The zero-order valence-electron chi connectivity index (χ0n) is 20.3. The minimum atomic E-state index is -2.15. The van der Waals surface area contributed by atoms with Crippen molar-refractivity contribution >= 4 is 17.2 Å². The van der Waals surface area contributed by atoms with Gasteiger partial charge in [0, 0.05) is 0 Å². The number of rotatable bonds is 8. The van der Waals surface area contributed by atoms with Crippen molar-refractivity contribution in [3.05, 3.63) is 87.2 Å². The number of hydrogen-bond acceptors (Lipinski definition) is 0. The molecule has 0 N–H and O–H groups in total. The topological polar surface area (TPSA) is 0 Å². The molecular formula is C31H34Cl2Zr. The summed E-state index contributed by atoms with van der Waals surface area (Å²) in [5, 5.41) is 3.05. The second-order valence-electron chi connectivity index (χ2n) is 9.34. The van der Waals surface area contributed by atoms with Crippen LogP contribution in [0.4, 0.5) is 0 Å². The van der Waals surface area contributed by atoms with E-state index in [2.05, 4.69) is 86.7 Å². The second kappa shape index (κ2) is 12.6. The maximum atomic E-state index is 2.53. The number of hydrogen-bond donors (Lipinski definition) is 0. The van der Waals surface area contributed by atoms with E-state index in [1.54, 1.807) is 17.5 Å². The summed E-state index contributed by atoms with van der Waals surface area (Å²) in [7, 11) is 0. The molecule has 3 aromatic carbocycles. The Bertz CT molecular complexity index is 1240. The Morgan fingerprint density at radius 3 is 2.29 bits per heavy atom. The number of benzene rings is 3. The van der Waals surface area contributed by atoms with Crippen molar-refractivity contribution in [2.75, 3.05) is 0 Å². The van der Waals surface area contributed by atoms with Crippen molar-refractivity contribution in [3.63, 3.8) is 0 Å². The van der Waals surface area contributed by atoms with Crippen LogP contribution < -0.4 is 28.1 Å². The first-order valence-electron chi connectivity index (χ1n) is 12.5. The van der Waals surface area contributed by atoms with Crippen molar-refractivity contribution in [1.29, 1.82) is 0 Å². The molecule has 3 heteroatoms. The van der Waals surface area contributed by atoms with E-state index in [1.807, 2.05) is 3.21 Å². The van der Waals surface area contributed by atoms with Crippen molar-refractivity contribution in [1.82, 2.24) is 0 Å². The molecule has 176 valence electrons. The summed E-state index contributed by atoms with van der Waals surface area (Å²) >= 11 is -2.15. The van der Waals surface area contributed by atoms with Crippen LogP contribution in [0.2, 0.25) is 0 Å². The van der Waals surface area contributed by atoms with Crippen molar-refractivity contribution < 1.29 is 46.1 Å². The van der Waals surface area contributed by atoms with Crippen LogP contribution in [-0.2, 0) is 27.7 Å². The molecule has 3 aromatic rings. The first-order chi connectivity index (χ1) is 15.8. The molecule has 5 rings (SSSR count). The number of fused-ring (bicyclic) bond motifs is 5. The number of unbranched alkanes of at least 4 members (excludes halogenated alkanes) is 2. The molecular weight excluding hydrogens is 534 g/mol. The summed E-state index contributed by atoms with van der Waals surface area (Å²) in [6, 6.07) is 21.0. The fourth-order valence-electron chi connectivity index (χ4n) is 5.60. The monoisotopic (exact) mass is 566 g/mol. The van der Waals surface area contributed by atoms with Crippen molar-refractivity contribution in [2.24, 2.45) is 0 Å². The van der Waals surface area contributed by atoms with Crippen LogP contribution in [0.15, 0.2) is 76.1 Å². The Kier molecular flexibility index (Phi) is 10.1. The predicted octanol–water partition coefficient (Wildman–Crippen LogP) is 2.06. The molecule has 2 aliphatic rings. The van der Waals surface area contributed by atoms with E-state index in [0.717, 1.165) is 6.42 Å². The smallest absolute Gasteiger partial charge is 1.00 e. The van der Waals surface area contributed by atoms with Crippen molar-refractivity contribution in [2.45, 2.75) is 65.2 Å². The summed E-state index contributed by atoms with van der Waals surface area (Å²) in [5.41, 5.74) is 6.02. The molecule has 0 saturated carbocycles. The van der Waals surface area contributed by atoms with E-state index >= 15 is 0 Å². The van der Waals surface area contributed by atoms with Gasteiger partial charge in [0.15, 0.2) is 0 Å². The van der Waals surface area contributed by atoms with Gasteiger partial charge in [-0.15, -0.1) is 0 Å². The average molecular weight is 569 g/mol. The van der Waals surface area contributed by atoms with E-state index in [9.17, 15) is 0 Å². The maximum Gasteiger partial charge on any atom is -1.00 e. The minimum Gasteiger partial charge on any atom is -1.00 e. The zero-order valence-corrected chi connectivity index (χ0v) is 24.3. The molecule has 0 radical (unpaired) electrons. The van der Waals surface area contributed by atoms with Gasteiger partial charge in [0.25, 0.3) is 0 Å². The van der Waals surface area contributed by atoms with Gasteiger partial charge >= 0.3 is 202 Å². The fourth-order valence-corrected chi connectivity index (χ4v) is 14.0. The molecule has 34 heavy (non-hydrogen) atoms. The quantitative estimate of drug-likeness (QED) is 0.306. The van der Waals surface area contributed by atoms with Crippen LogP contribution >= 0.6 is 0 Å². The van der Waals surface area contributed by atoms with Crippen molar-refractivity contribution in [3.8, 4) is 11.1 Å². The third kappa shape index (κ3) is 5.28. The summed E-state index contributed by atoms with van der Waals surface area (Å²) in [5.74, 6) is 0. The predicted molar refractivity (Wildman–Crippen MR) is 138 cm³/mol. The standard InChI is InChI=1S/C17H11.C9H18.C5H5.2ClH.Zr/c1-3-7-14-12(5-1)9-10-16-15-8-4-2-6-13(15)11-17(14)16;1-3-5-7-9-8-6-4-2;1-2-4-5-3-1;;;/h1-6,8-10H,11H2;3-8H2,1-2H3;1-3H,4H2;2*1H;/q;;;;;+2/p-2. The summed E-state index contributed by atoms with van der Waals surface area (Å²) in [6.07, 6.45) is 17.4. The van der Waals surface area contributed by atoms with Gasteiger partial charge in [0.2, 0.25) is 0 Å². The average Bonchev–Trinajstić information content (AvgIpc) is 3.48. The number of allylic oxidation sites excluding steroid dienone is 4. The van der Waals surface area contributed by atoms with E-state index in [1.165, 1.54) is 67.0 Å². The molecule has 0 atom stereocenters. The second-order valence-corrected chi connectivity index (χ2v) is 15.8. The molecule has 0 unspecified atom stereocenters. The molecule has 0 nitrogen and oxygen atoms in total. The van der Waals surface area contributed by atoms with E-state index in [4.69, 9.17) is 0 Å². The Hall–Kier alpha value is -1.27. The molecule has 0 aromatic heterocycles. The largest absolute Gasteiger partial charge is 1.00 e. The van der Waals surface area contributed by atoms with Gasteiger partial charge in [-0.1, -0.05) is 0 Å². The minimum absolute atomic E-state index is 0. The summed E-state index contributed by atoms with van der Waals surface area (Å²) in [4.78, 5) is 0. The van der Waals surface area contributed by atoms with E-state index in [-0.39, 0.29) is 24.8 Å². The van der Waals surface area contributed by atoms with Crippen LogP contribution in [-0.4, -0.2) is 3.21 Å². The van der Waals surface area contributed by atoms with Gasteiger partial charge in [-0.05, 0) is 0 Å². The SMILES string of the molecule is CCCC[C](CCCC)=[Zr+2]([C]1=CC=CC1)[c]1cccc2ccc3c(c12)Cc1ccccc1-3.[Cl-].[Cl-]. The normalized spacial score (nSPS) is 12.8. The van der Waals surface area contributed by atoms with E-state index in [0.29, 0.717) is 0 Å². The van der Waals surface area contributed by atoms with Gasteiger partial charge in [-0.3, -0.25) is 0 Å². The van der Waals surface area contributed by atoms with Crippen LogP contribution in [0.5, 0.6) is 0 Å². The third-order valence-electron chi connectivity index (χ3n) is 7.21.